The smallest absolute Gasteiger partial charge is 0.312 e. The second kappa shape index (κ2) is 9.47. The third-order valence-corrected chi connectivity index (χ3v) is 8.06. The molecule has 0 radical (unpaired) electrons. The van der Waals surface area contributed by atoms with Gasteiger partial charge in [-0.2, -0.15) is 0 Å². The number of ether oxygens (including phenoxy) is 2. The first kappa shape index (κ1) is 24.9. The van der Waals surface area contributed by atoms with Crippen molar-refractivity contribution in [2.24, 2.45) is 11.8 Å². The summed E-state index contributed by atoms with van der Waals surface area (Å²) in [5.41, 5.74) is -0.625. The Balaban J connectivity index is 1.75. The molecule has 5 atom stereocenters. The molecule has 9 heteroatoms. The van der Waals surface area contributed by atoms with Gasteiger partial charge in [-0.15, -0.1) is 0 Å². The zero-order valence-corrected chi connectivity index (χ0v) is 20.7. The van der Waals surface area contributed by atoms with Crippen LogP contribution in [-0.2, 0) is 23.9 Å². The maximum Gasteiger partial charge on any atom is 0.312 e. The molecule has 3 fully saturated rings. The van der Waals surface area contributed by atoms with E-state index in [1.807, 2.05) is 19.9 Å². The van der Waals surface area contributed by atoms with Gasteiger partial charge < -0.3 is 24.8 Å². The molecule has 1 aromatic rings. The number of aliphatic hydroxyl groups is 1. The third-order valence-electron chi connectivity index (χ3n) is 7.75. The van der Waals surface area contributed by atoms with Crippen LogP contribution < -0.4 is 5.32 Å². The van der Waals surface area contributed by atoms with E-state index < -0.39 is 35.0 Å². The molecular formula is C25H33ClN2O6. The number of carbonyl (C=O) groups excluding carboxylic acids is 3. The lowest BCUT2D eigenvalue weighted by atomic mass is 9.65. The molecule has 3 saturated heterocycles. The number of aliphatic hydroxyl groups excluding tert-OH is 1. The highest BCUT2D eigenvalue weighted by Crippen LogP contribution is 2.64. The lowest BCUT2D eigenvalue weighted by molar-refractivity contribution is -0.160. The van der Waals surface area contributed by atoms with Gasteiger partial charge in [-0.05, 0) is 57.6 Å². The van der Waals surface area contributed by atoms with E-state index in [0.29, 0.717) is 42.8 Å². The maximum absolute atomic E-state index is 13.8. The molecule has 186 valence electrons. The van der Waals surface area contributed by atoms with E-state index in [1.54, 1.807) is 24.0 Å². The van der Waals surface area contributed by atoms with Gasteiger partial charge in [0, 0.05) is 13.2 Å². The first-order valence-corrected chi connectivity index (χ1v) is 12.5. The third kappa shape index (κ3) is 3.71. The maximum atomic E-state index is 13.8. The fourth-order valence-corrected chi connectivity index (χ4v) is 6.49. The first-order chi connectivity index (χ1) is 16.3. The molecule has 3 aliphatic rings. The Morgan fingerprint density at radius 3 is 2.71 bits per heavy atom. The van der Waals surface area contributed by atoms with E-state index in [1.165, 1.54) is 0 Å². The van der Waals surface area contributed by atoms with Crippen molar-refractivity contribution in [1.82, 2.24) is 4.90 Å². The molecule has 4 rings (SSSR count). The SMILES string of the molecule is CCOC(=O)[C@H]1[C@H]2C(=O)N(CCCCO)C(C(=O)Nc3c(C)cccc3Cl)C23CC[C@]1(CC)O3. The van der Waals surface area contributed by atoms with Crippen molar-refractivity contribution in [3.63, 3.8) is 0 Å². The first-order valence-electron chi connectivity index (χ1n) is 12.1. The number of rotatable bonds is 9. The highest BCUT2D eigenvalue weighted by molar-refractivity contribution is 6.34. The van der Waals surface area contributed by atoms with Crippen LogP contribution >= 0.6 is 11.6 Å². The normalized spacial score (nSPS) is 31.6. The summed E-state index contributed by atoms with van der Waals surface area (Å²) in [6.07, 6.45) is 2.66. The van der Waals surface area contributed by atoms with Crippen molar-refractivity contribution >= 4 is 35.1 Å². The molecule has 2 bridgehead atoms. The molecule has 3 aliphatic heterocycles. The van der Waals surface area contributed by atoms with Crippen molar-refractivity contribution < 1.29 is 29.0 Å². The van der Waals surface area contributed by atoms with E-state index in [-0.39, 0.29) is 31.6 Å². The van der Waals surface area contributed by atoms with Gasteiger partial charge in [-0.25, -0.2) is 0 Å². The number of fused-ring (bicyclic) bond motifs is 1. The van der Waals surface area contributed by atoms with Crippen molar-refractivity contribution in [3.05, 3.63) is 28.8 Å². The van der Waals surface area contributed by atoms with Gasteiger partial charge in [0.25, 0.3) is 0 Å². The zero-order valence-electron chi connectivity index (χ0n) is 19.9. The summed E-state index contributed by atoms with van der Waals surface area (Å²) in [6.45, 7) is 6.02. The molecule has 2 N–H and O–H groups in total. The second-order valence-corrected chi connectivity index (χ2v) is 9.88. The zero-order chi connectivity index (χ0) is 24.7. The largest absolute Gasteiger partial charge is 0.466 e. The number of halogens is 1. The van der Waals surface area contributed by atoms with Gasteiger partial charge in [0.05, 0.1) is 28.8 Å². The van der Waals surface area contributed by atoms with Gasteiger partial charge >= 0.3 is 5.97 Å². The highest BCUT2D eigenvalue weighted by Gasteiger charge is 2.78. The van der Waals surface area contributed by atoms with Crippen molar-refractivity contribution in [3.8, 4) is 0 Å². The Hall–Kier alpha value is -2.16. The van der Waals surface area contributed by atoms with E-state index in [0.717, 1.165) is 5.56 Å². The van der Waals surface area contributed by atoms with Crippen LogP contribution in [0.2, 0.25) is 5.02 Å². The summed E-state index contributed by atoms with van der Waals surface area (Å²) in [4.78, 5) is 42.3. The van der Waals surface area contributed by atoms with Crippen LogP contribution in [0.1, 0.15) is 51.5 Å². The molecule has 8 nitrogen and oxygen atoms in total. The molecule has 1 spiro atoms. The second-order valence-electron chi connectivity index (χ2n) is 9.47. The van der Waals surface area contributed by atoms with Crippen LogP contribution in [0, 0.1) is 18.8 Å². The lowest BCUT2D eigenvalue weighted by Gasteiger charge is -2.33. The summed E-state index contributed by atoms with van der Waals surface area (Å²) in [6, 6.07) is 4.44. The van der Waals surface area contributed by atoms with Crippen molar-refractivity contribution in [2.45, 2.75) is 70.1 Å². The number of likely N-dealkylation sites (tertiary alicyclic amines) is 1. The molecule has 2 unspecified atom stereocenters. The number of benzene rings is 1. The fraction of sp³-hybridized carbons (Fsp3) is 0.640. The molecule has 2 amide bonds. The lowest BCUT2D eigenvalue weighted by Crippen LogP contribution is -2.53. The van der Waals surface area contributed by atoms with Crippen LogP contribution in [-0.4, -0.2) is 64.8 Å². The van der Waals surface area contributed by atoms with E-state index in [2.05, 4.69) is 5.32 Å². The Morgan fingerprint density at radius 2 is 2.06 bits per heavy atom. The fourth-order valence-electron chi connectivity index (χ4n) is 6.23. The minimum absolute atomic E-state index is 0.00677. The average molecular weight is 493 g/mol. The van der Waals surface area contributed by atoms with Gasteiger partial charge in [-0.1, -0.05) is 30.7 Å². The van der Waals surface area contributed by atoms with Gasteiger partial charge in [0.15, 0.2) is 0 Å². The quantitative estimate of drug-likeness (QED) is 0.405. The molecule has 3 heterocycles. The summed E-state index contributed by atoms with van der Waals surface area (Å²) in [5, 5.41) is 12.6. The minimum atomic E-state index is -1.11. The van der Waals surface area contributed by atoms with Gasteiger partial charge in [0.1, 0.15) is 17.6 Å². The Bertz CT molecular complexity index is 966. The summed E-state index contributed by atoms with van der Waals surface area (Å²) < 4.78 is 12.0. The molecule has 0 saturated carbocycles. The average Bonchev–Trinajstić information content (AvgIpc) is 3.40. The molecule has 0 aliphatic carbocycles. The summed E-state index contributed by atoms with van der Waals surface area (Å²) in [5.74, 6) is -2.62. The highest BCUT2D eigenvalue weighted by atomic mass is 35.5. The molecule has 34 heavy (non-hydrogen) atoms. The number of carbonyl (C=O) groups is 3. The monoisotopic (exact) mass is 492 g/mol. The van der Waals surface area contributed by atoms with Crippen LogP contribution in [0.4, 0.5) is 5.69 Å². The number of amides is 2. The molecule has 0 aromatic heterocycles. The van der Waals surface area contributed by atoms with Gasteiger partial charge in [0.2, 0.25) is 11.8 Å². The number of para-hydroxylation sites is 1. The van der Waals surface area contributed by atoms with E-state index in [4.69, 9.17) is 21.1 Å². The Morgan fingerprint density at radius 1 is 1.29 bits per heavy atom. The number of nitrogens with zero attached hydrogens (tertiary/aromatic N) is 1. The number of esters is 1. The number of aryl methyl sites for hydroxylation is 1. The van der Waals surface area contributed by atoms with Crippen LogP contribution in [0.25, 0.3) is 0 Å². The number of hydrogen-bond acceptors (Lipinski definition) is 6. The minimum Gasteiger partial charge on any atom is -0.466 e. The topological polar surface area (TPSA) is 105 Å². The van der Waals surface area contributed by atoms with Crippen molar-refractivity contribution in [1.29, 1.82) is 0 Å². The standard InChI is InChI=1S/C25H33ClN2O6/c1-4-24-11-12-25(34-24)17(18(24)23(32)33-5-2)22(31)28(13-6-7-14-29)20(25)21(30)27-19-15(3)9-8-10-16(19)26/h8-10,17-18,20,29H,4-7,11-14H2,1-3H3,(H,27,30)/t17-,18+,20?,24-,25?/m0/s1. The van der Waals surface area contributed by atoms with E-state index >= 15 is 0 Å². The van der Waals surface area contributed by atoms with Crippen LogP contribution in [0.5, 0.6) is 0 Å². The summed E-state index contributed by atoms with van der Waals surface area (Å²) >= 11 is 6.36. The Labute approximate surface area is 204 Å². The van der Waals surface area contributed by atoms with Crippen molar-refractivity contribution in [2.75, 3.05) is 25.1 Å². The summed E-state index contributed by atoms with van der Waals surface area (Å²) in [7, 11) is 0. The van der Waals surface area contributed by atoms with Crippen LogP contribution in [0.3, 0.4) is 0 Å². The number of unbranched alkanes of at least 4 members (excludes halogenated alkanes) is 1. The number of nitrogens with one attached hydrogen (secondary N) is 1. The predicted molar refractivity (Wildman–Crippen MR) is 126 cm³/mol. The predicted octanol–water partition coefficient (Wildman–Crippen LogP) is 3.08. The Kier molecular flexibility index (Phi) is 6.95. The van der Waals surface area contributed by atoms with E-state index in [9.17, 15) is 19.5 Å². The van der Waals surface area contributed by atoms with Crippen LogP contribution in [0.15, 0.2) is 18.2 Å². The number of anilines is 1. The van der Waals surface area contributed by atoms with Gasteiger partial charge in [-0.3, -0.25) is 14.4 Å². The number of hydrogen-bond donors (Lipinski definition) is 2. The molecule has 1 aromatic carbocycles. The molecular weight excluding hydrogens is 460 g/mol.